The maximum Gasteiger partial charge on any atom is 0.337 e. The highest BCUT2D eigenvalue weighted by Crippen LogP contribution is 2.32. The van der Waals surface area contributed by atoms with Crippen LogP contribution in [-0.2, 0) is 16.1 Å². The molecule has 0 radical (unpaired) electrons. The zero-order valence-electron chi connectivity index (χ0n) is 23.3. The van der Waals surface area contributed by atoms with Crippen molar-refractivity contribution in [3.8, 4) is 5.69 Å². The molecule has 202 valence electrons. The minimum atomic E-state index is -0.328. The van der Waals surface area contributed by atoms with Gasteiger partial charge in [-0.1, -0.05) is 38.1 Å². The Morgan fingerprint density at radius 2 is 1.69 bits per heavy atom. The number of aromatic nitrogens is 1. The summed E-state index contributed by atoms with van der Waals surface area (Å²) in [7, 11) is 3.27. The number of esters is 1. The van der Waals surface area contributed by atoms with Gasteiger partial charge in [-0.25, -0.2) is 4.79 Å². The van der Waals surface area contributed by atoms with Crippen molar-refractivity contribution in [2.45, 2.75) is 39.2 Å². The number of methoxy groups -OCH3 is 1. The number of carbonyl (C=O) groups excluding carboxylic acids is 2. The molecule has 1 amide bonds. The molecule has 39 heavy (non-hydrogen) atoms. The maximum absolute atomic E-state index is 12.5. The second kappa shape index (κ2) is 11.5. The summed E-state index contributed by atoms with van der Waals surface area (Å²) in [5.74, 6) is 0.304. The van der Waals surface area contributed by atoms with Crippen LogP contribution < -0.4 is 4.90 Å². The van der Waals surface area contributed by atoms with Gasteiger partial charge in [0.05, 0.1) is 18.2 Å². The Morgan fingerprint density at radius 1 is 0.974 bits per heavy atom. The van der Waals surface area contributed by atoms with Gasteiger partial charge in [0, 0.05) is 42.5 Å². The molecule has 5 rings (SSSR count). The Bertz CT molecular complexity index is 1460. The molecule has 0 saturated carbocycles. The number of anilines is 1. The third-order valence-electron chi connectivity index (χ3n) is 7.92. The van der Waals surface area contributed by atoms with E-state index in [2.05, 4.69) is 58.1 Å². The highest BCUT2D eigenvalue weighted by atomic mass is 16.5. The predicted octanol–water partition coefficient (Wildman–Crippen LogP) is 6.42. The average Bonchev–Trinajstić information content (AvgIpc) is 3.41. The molecule has 6 nitrogen and oxygen atoms in total. The molecule has 1 aromatic heterocycles. The lowest BCUT2D eigenvalue weighted by Crippen LogP contribution is -2.33. The largest absolute Gasteiger partial charge is 0.465 e. The minimum absolute atomic E-state index is 0.0182. The summed E-state index contributed by atoms with van der Waals surface area (Å²) < 4.78 is 6.99. The van der Waals surface area contributed by atoms with Crippen molar-refractivity contribution in [2.75, 3.05) is 32.1 Å². The summed E-state index contributed by atoms with van der Waals surface area (Å²) in [5.41, 5.74) is 6.35. The SMILES string of the molecule is COC(=O)c1ccc(-n2ccc3c(CN4CCC(c5cccc(N(C)C(=O)C(C)C)c5)CC4)cccc32)cc1. The topological polar surface area (TPSA) is 54.8 Å². The summed E-state index contributed by atoms with van der Waals surface area (Å²) in [6.07, 6.45) is 4.31. The first kappa shape index (κ1) is 26.7. The first-order chi connectivity index (χ1) is 18.9. The minimum Gasteiger partial charge on any atom is -0.465 e. The van der Waals surface area contributed by atoms with E-state index < -0.39 is 0 Å². The first-order valence-corrected chi connectivity index (χ1v) is 13.7. The Kier molecular flexibility index (Phi) is 7.84. The number of ether oxygens (including phenoxy) is 1. The molecule has 1 aliphatic heterocycles. The fraction of sp³-hybridized carbons (Fsp3) is 0.333. The Hall–Kier alpha value is -3.90. The van der Waals surface area contributed by atoms with Crippen LogP contribution >= 0.6 is 0 Å². The Labute approximate surface area is 230 Å². The van der Waals surface area contributed by atoms with Gasteiger partial charge < -0.3 is 14.2 Å². The van der Waals surface area contributed by atoms with Crippen LogP contribution in [0.1, 0.15) is 54.1 Å². The number of nitrogens with zero attached hydrogens (tertiary/aromatic N) is 3. The van der Waals surface area contributed by atoms with Gasteiger partial charge in [0.2, 0.25) is 5.91 Å². The highest BCUT2D eigenvalue weighted by Gasteiger charge is 2.23. The molecule has 3 aromatic carbocycles. The fourth-order valence-corrected chi connectivity index (χ4v) is 5.64. The zero-order chi connectivity index (χ0) is 27.5. The van der Waals surface area contributed by atoms with E-state index >= 15 is 0 Å². The van der Waals surface area contributed by atoms with E-state index in [4.69, 9.17) is 4.74 Å². The van der Waals surface area contributed by atoms with E-state index in [0.29, 0.717) is 11.5 Å². The van der Waals surface area contributed by atoms with E-state index in [1.807, 2.05) is 39.1 Å². The van der Waals surface area contributed by atoms with Crippen LogP contribution in [0.5, 0.6) is 0 Å². The van der Waals surface area contributed by atoms with Crippen molar-refractivity contribution in [2.24, 2.45) is 5.92 Å². The van der Waals surface area contributed by atoms with E-state index in [0.717, 1.165) is 49.4 Å². The molecule has 1 fully saturated rings. The van der Waals surface area contributed by atoms with Crippen LogP contribution in [0.2, 0.25) is 0 Å². The lowest BCUT2D eigenvalue weighted by molar-refractivity contribution is -0.121. The van der Waals surface area contributed by atoms with Crippen molar-refractivity contribution in [1.29, 1.82) is 0 Å². The van der Waals surface area contributed by atoms with E-state index in [-0.39, 0.29) is 17.8 Å². The van der Waals surface area contributed by atoms with Crippen molar-refractivity contribution in [3.05, 3.63) is 95.7 Å². The molecule has 4 aromatic rings. The Morgan fingerprint density at radius 3 is 2.38 bits per heavy atom. The lowest BCUT2D eigenvalue weighted by Gasteiger charge is -2.33. The van der Waals surface area contributed by atoms with Gasteiger partial charge in [-0.3, -0.25) is 9.69 Å². The van der Waals surface area contributed by atoms with Crippen LogP contribution in [0.25, 0.3) is 16.6 Å². The quantitative estimate of drug-likeness (QED) is 0.263. The molecule has 0 spiro atoms. The maximum atomic E-state index is 12.5. The molecule has 0 unspecified atom stereocenters. The normalized spacial score (nSPS) is 14.6. The molecule has 0 atom stereocenters. The molecule has 0 aliphatic carbocycles. The molecular weight excluding hydrogens is 486 g/mol. The van der Waals surface area contributed by atoms with Gasteiger partial charge >= 0.3 is 5.97 Å². The van der Waals surface area contributed by atoms with Crippen LogP contribution in [0.4, 0.5) is 5.69 Å². The number of hydrogen-bond donors (Lipinski definition) is 0. The van der Waals surface area contributed by atoms with Gasteiger partial charge in [0.15, 0.2) is 0 Å². The van der Waals surface area contributed by atoms with Crippen LogP contribution in [0.3, 0.4) is 0 Å². The third kappa shape index (κ3) is 5.62. The molecule has 6 heteroatoms. The van der Waals surface area contributed by atoms with Gasteiger partial charge in [-0.15, -0.1) is 0 Å². The van der Waals surface area contributed by atoms with Gasteiger partial charge in [0.1, 0.15) is 0 Å². The van der Waals surface area contributed by atoms with Crippen LogP contribution in [-0.4, -0.2) is 48.6 Å². The van der Waals surface area contributed by atoms with Crippen molar-refractivity contribution in [1.82, 2.24) is 9.47 Å². The number of amides is 1. The average molecular weight is 524 g/mol. The second-order valence-corrected chi connectivity index (χ2v) is 10.8. The number of rotatable bonds is 7. The lowest BCUT2D eigenvalue weighted by atomic mass is 9.89. The molecule has 2 heterocycles. The number of hydrogen-bond acceptors (Lipinski definition) is 4. The number of piperidine rings is 1. The summed E-state index contributed by atoms with van der Waals surface area (Å²) in [5, 5.41) is 1.25. The molecular formula is C33H37N3O3. The van der Waals surface area contributed by atoms with Crippen LogP contribution in [0.15, 0.2) is 79.0 Å². The van der Waals surface area contributed by atoms with E-state index in [1.165, 1.54) is 23.6 Å². The van der Waals surface area contributed by atoms with Crippen molar-refractivity contribution < 1.29 is 14.3 Å². The van der Waals surface area contributed by atoms with Gasteiger partial charge in [0.25, 0.3) is 0 Å². The van der Waals surface area contributed by atoms with Gasteiger partial charge in [-0.2, -0.15) is 0 Å². The molecule has 0 N–H and O–H groups in total. The summed E-state index contributed by atoms with van der Waals surface area (Å²) in [6.45, 7) is 6.89. The van der Waals surface area contributed by atoms with Gasteiger partial charge in [-0.05, 0) is 91.5 Å². The van der Waals surface area contributed by atoms with Crippen molar-refractivity contribution in [3.63, 3.8) is 0 Å². The fourth-order valence-electron chi connectivity index (χ4n) is 5.64. The number of benzene rings is 3. The number of fused-ring (bicyclic) bond motifs is 1. The summed E-state index contributed by atoms with van der Waals surface area (Å²) >= 11 is 0. The van der Waals surface area contributed by atoms with E-state index in [9.17, 15) is 9.59 Å². The Balaban J connectivity index is 1.26. The number of carbonyl (C=O) groups is 2. The van der Waals surface area contributed by atoms with E-state index in [1.54, 1.807) is 17.0 Å². The standard InChI is InChI=1S/C33H37N3O3/c1-23(2)32(37)34(3)29-9-5-7-26(21-29)24-15-18-35(19-16-24)22-27-8-6-10-31-30(27)17-20-36(31)28-13-11-25(12-14-28)33(38)39-4/h5-14,17,20-21,23-24H,15-16,18-19,22H2,1-4H3. The number of likely N-dealkylation sites (tertiary alicyclic amines) is 1. The monoisotopic (exact) mass is 523 g/mol. The zero-order valence-corrected chi connectivity index (χ0v) is 23.3. The summed E-state index contributed by atoms with van der Waals surface area (Å²) in [4.78, 5) is 28.6. The highest BCUT2D eigenvalue weighted by molar-refractivity contribution is 5.94. The third-order valence-corrected chi connectivity index (χ3v) is 7.92. The molecule has 0 bridgehead atoms. The first-order valence-electron chi connectivity index (χ1n) is 13.7. The second-order valence-electron chi connectivity index (χ2n) is 10.8. The smallest absolute Gasteiger partial charge is 0.337 e. The van der Waals surface area contributed by atoms with Crippen molar-refractivity contribution >= 4 is 28.5 Å². The molecule has 1 saturated heterocycles. The summed E-state index contributed by atoms with van der Waals surface area (Å²) in [6, 6.07) is 24.7. The predicted molar refractivity (Wildman–Crippen MR) is 157 cm³/mol. The molecule has 1 aliphatic rings. The van der Waals surface area contributed by atoms with Crippen LogP contribution in [0, 0.1) is 5.92 Å².